The number of methoxy groups -OCH3 is 2. The molecule has 0 radical (unpaired) electrons. The maximum Gasteiger partial charge on any atom is 0.311 e. The summed E-state index contributed by atoms with van der Waals surface area (Å²) in [6.45, 7) is 0.213. The van der Waals surface area contributed by atoms with Crippen molar-refractivity contribution in [2.24, 2.45) is 10.8 Å². The summed E-state index contributed by atoms with van der Waals surface area (Å²) in [5.41, 5.74) is 7.99. The molecule has 0 saturated carbocycles. The van der Waals surface area contributed by atoms with E-state index in [-0.39, 0.29) is 18.1 Å². The zero-order valence-electron chi connectivity index (χ0n) is 8.07. The Morgan fingerprint density at radius 1 is 1.57 bits per heavy atom. The van der Waals surface area contributed by atoms with E-state index in [1.54, 1.807) is 0 Å². The van der Waals surface area contributed by atoms with Crippen LogP contribution in [0.5, 0.6) is 0 Å². The lowest BCUT2D eigenvalue weighted by molar-refractivity contribution is -0.139. The van der Waals surface area contributed by atoms with Gasteiger partial charge in [0.25, 0.3) is 0 Å². The maximum atomic E-state index is 10.9. The second-order valence-electron chi connectivity index (χ2n) is 2.34. The molecule has 0 aliphatic carbocycles. The van der Waals surface area contributed by atoms with Crippen molar-refractivity contribution in [3.63, 3.8) is 0 Å². The highest BCUT2D eigenvalue weighted by Crippen LogP contribution is 1.90. The minimum absolute atomic E-state index is 0.0310. The molecule has 0 unspecified atom stereocenters. The summed E-state index contributed by atoms with van der Waals surface area (Å²) in [4.78, 5) is 10.9. The first-order chi connectivity index (χ1) is 6.60. The molecule has 0 saturated heterocycles. The average molecular weight is 219 g/mol. The highest BCUT2D eigenvalue weighted by atomic mass is 32.1. The number of nitrogens with one attached hydrogen (secondary N) is 1. The minimum Gasteiger partial charge on any atom is -0.469 e. The van der Waals surface area contributed by atoms with Crippen LogP contribution in [-0.4, -0.2) is 37.6 Å². The Morgan fingerprint density at radius 2 is 2.21 bits per heavy atom. The van der Waals surface area contributed by atoms with Gasteiger partial charge in [-0.1, -0.05) is 0 Å². The number of rotatable bonds is 5. The van der Waals surface area contributed by atoms with Gasteiger partial charge in [-0.25, -0.2) is 0 Å². The van der Waals surface area contributed by atoms with Gasteiger partial charge in [0.15, 0.2) is 5.11 Å². The smallest absolute Gasteiger partial charge is 0.311 e. The SMILES string of the molecule is COC/C(CC(=O)OC)=N\NC(N)=S. The van der Waals surface area contributed by atoms with Crippen molar-refractivity contribution < 1.29 is 14.3 Å². The normalized spacial score (nSPS) is 10.9. The summed E-state index contributed by atoms with van der Waals surface area (Å²) in [6, 6.07) is 0. The number of esters is 1. The van der Waals surface area contributed by atoms with E-state index >= 15 is 0 Å². The van der Waals surface area contributed by atoms with Gasteiger partial charge in [-0.05, 0) is 12.2 Å². The van der Waals surface area contributed by atoms with Gasteiger partial charge in [0.1, 0.15) is 0 Å². The quantitative estimate of drug-likeness (QED) is 0.277. The van der Waals surface area contributed by atoms with Gasteiger partial charge in [0, 0.05) is 7.11 Å². The Morgan fingerprint density at radius 3 is 2.64 bits per heavy atom. The summed E-state index contributed by atoms with van der Waals surface area (Å²) in [5, 5.41) is 3.81. The fourth-order valence-corrected chi connectivity index (χ4v) is 0.708. The Hall–Kier alpha value is -1.21. The number of nitrogens with two attached hydrogens (primary N) is 1. The van der Waals surface area contributed by atoms with Crippen molar-refractivity contribution >= 4 is 29.0 Å². The molecule has 0 spiro atoms. The lowest BCUT2D eigenvalue weighted by atomic mass is 10.3. The first kappa shape index (κ1) is 12.8. The lowest BCUT2D eigenvalue weighted by Gasteiger charge is -2.04. The van der Waals surface area contributed by atoms with E-state index in [1.165, 1.54) is 14.2 Å². The molecule has 0 aliphatic heterocycles. The summed E-state index contributed by atoms with van der Waals surface area (Å²) >= 11 is 4.54. The largest absolute Gasteiger partial charge is 0.469 e. The predicted octanol–water partition coefficient (Wildman–Crippen LogP) is -0.615. The molecular weight excluding hydrogens is 206 g/mol. The third-order valence-electron chi connectivity index (χ3n) is 1.21. The number of carbonyl (C=O) groups is 1. The van der Waals surface area contributed by atoms with Crippen LogP contribution in [0.4, 0.5) is 0 Å². The first-order valence-corrected chi connectivity index (χ1v) is 4.17. The summed E-state index contributed by atoms with van der Waals surface area (Å²) in [6.07, 6.45) is 0.0416. The molecule has 0 aromatic rings. The van der Waals surface area contributed by atoms with Gasteiger partial charge < -0.3 is 15.2 Å². The molecule has 6 nitrogen and oxygen atoms in total. The van der Waals surface area contributed by atoms with Crippen molar-refractivity contribution in [2.75, 3.05) is 20.8 Å². The Kier molecular flexibility index (Phi) is 6.59. The number of hydrogen-bond donors (Lipinski definition) is 2. The van der Waals surface area contributed by atoms with Crippen LogP contribution in [0.3, 0.4) is 0 Å². The van der Waals surface area contributed by atoms with E-state index in [0.717, 1.165) is 0 Å². The van der Waals surface area contributed by atoms with Crippen molar-refractivity contribution in [1.29, 1.82) is 0 Å². The molecule has 3 N–H and O–H groups in total. The van der Waals surface area contributed by atoms with E-state index in [2.05, 4.69) is 27.5 Å². The molecule has 0 atom stereocenters. The van der Waals surface area contributed by atoms with E-state index in [9.17, 15) is 4.79 Å². The number of carbonyl (C=O) groups excluding carboxylic acids is 1. The van der Waals surface area contributed by atoms with Crippen LogP contribution < -0.4 is 11.2 Å². The van der Waals surface area contributed by atoms with Crippen LogP contribution in [0.1, 0.15) is 6.42 Å². The van der Waals surface area contributed by atoms with Crippen LogP contribution in [-0.2, 0) is 14.3 Å². The van der Waals surface area contributed by atoms with Gasteiger partial charge in [0.05, 0.1) is 25.8 Å². The van der Waals surface area contributed by atoms with Gasteiger partial charge in [-0.15, -0.1) is 0 Å². The monoisotopic (exact) mass is 219 g/mol. The van der Waals surface area contributed by atoms with Crippen LogP contribution in [0.25, 0.3) is 0 Å². The van der Waals surface area contributed by atoms with Crippen molar-refractivity contribution in [3.8, 4) is 0 Å². The van der Waals surface area contributed by atoms with Crippen LogP contribution in [0, 0.1) is 0 Å². The molecule has 0 fully saturated rings. The number of nitrogens with zero attached hydrogens (tertiary/aromatic N) is 1. The van der Waals surface area contributed by atoms with Gasteiger partial charge >= 0.3 is 5.97 Å². The number of hydrazone groups is 1. The number of thiocarbonyl (C=S) groups is 1. The standard InChI is InChI=1S/C7H13N3O3S/c1-12-4-5(3-6(11)13-2)9-10-7(8)14/h3-4H2,1-2H3,(H3,8,10,14)/b9-5-. The third kappa shape index (κ3) is 6.32. The molecular formula is C7H13N3O3S. The molecule has 0 bridgehead atoms. The molecule has 0 rings (SSSR count). The molecule has 7 heteroatoms. The third-order valence-corrected chi connectivity index (χ3v) is 1.30. The highest BCUT2D eigenvalue weighted by molar-refractivity contribution is 7.80. The summed E-state index contributed by atoms with van der Waals surface area (Å²) in [7, 11) is 2.79. The van der Waals surface area contributed by atoms with Crippen LogP contribution in [0.15, 0.2) is 5.10 Å². The Bertz CT molecular complexity index is 242. The second-order valence-corrected chi connectivity index (χ2v) is 2.78. The van der Waals surface area contributed by atoms with Crippen molar-refractivity contribution in [2.45, 2.75) is 6.42 Å². The molecule has 0 heterocycles. The molecule has 0 aromatic carbocycles. The lowest BCUT2D eigenvalue weighted by Crippen LogP contribution is -2.27. The summed E-state index contributed by atoms with van der Waals surface area (Å²) in [5.74, 6) is -0.398. The van der Waals surface area contributed by atoms with E-state index in [1.807, 2.05) is 0 Å². The van der Waals surface area contributed by atoms with Gasteiger partial charge in [-0.2, -0.15) is 5.10 Å². The van der Waals surface area contributed by atoms with Gasteiger partial charge in [0.2, 0.25) is 0 Å². The fraction of sp³-hybridized carbons (Fsp3) is 0.571. The second kappa shape index (κ2) is 7.22. The Balaban J connectivity index is 4.19. The van der Waals surface area contributed by atoms with Crippen molar-refractivity contribution in [1.82, 2.24) is 5.43 Å². The number of hydrogen-bond acceptors (Lipinski definition) is 5. The zero-order valence-corrected chi connectivity index (χ0v) is 8.89. The first-order valence-electron chi connectivity index (χ1n) is 3.76. The molecule has 14 heavy (non-hydrogen) atoms. The predicted molar refractivity (Wildman–Crippen MR) is 55.9 cm³/mol. The van der Waals surface area contributed by atoms with Crippen LogP contribution in [0.2, 0.25) is 0 Å². The van der Waals surface area contributed by atoms with Crippen LogP contribution >= 0.6 is 12.2 Å². The topological polar surface area (TPSA) is 85.9 Å². The highest BCUT2D eigenvalue weighted by Gasteiger charge is 2.07. The van der Waals surface area contributed by atoms with E-state index < -0.39 is 5.97 Å². The Labute approximate surface area is 87.4 Å². The molecule has 80 valence electrons. The van der Waals surface area contributed by atoms with Gasteiger partial charge in [-0.3, -0.25) is 10.2 Å². The number of ether oxygens (including phenoxy) is 2. The van der Waals surface area contributed by atoms with E-state index in [4.69, 9.17) is 10.5 Å². The molecule has 0 aliphatic rings. The summed E-state index contributed by atoms with van der Waals surface area (Å²) < 4.78 is 9.29. The maximum absolute atomic E-state index is 10.9. The fourth-order valence-electron chi connectivity index (χ4n) is 0.662. The van der Waals surface area contributed by atoms with Crippen molar-refractivity contribution in [3.05, 3.63) is 0 Å². The zero-order chi connectivity index (χ0) is 11.0. The minimum atomic E-state index is -0.398. The average Bonchev–Trinajstić information content (AvgIpc) is 2.14. The van der Waals surface area contributed by atoms with E-state index in [0.29, 0.717) is 5.71 Å². The molecule has 0 aromatic heterocycles. The molecule has 0 amide bonds.